The summed E-state index contributed by atoms with van der Waals surface area (Å²) in [5, 5.41) is 13.1. The molecule has 0 bridgehead atoms. The molecular weight excluding hydrogens is 244 g/mol. The third kappa shape index (κ3) is 2.82. The highest BCUT2D eigenvalue weighted by atomic mass is 35.5. The molecule has 0 amide bonds. The number of hydrogen-bond donors (Lipinski definition) is 1. The predicted octanol–water partition coefficient (Wildman–Crippen LogP) is 4.13. The molecule has 0 aromatic heterocycles. The number of nitrogens with one attached hydrogen (secondary N) is 1. The van der Waals surface area contributed by atoms with Crippen LogP contribution < -0.4 is 5.32 Å². The lowest BCUT2D eigenvalue weighted by Crippen LogP contribution is -2.02. The van der Waals surface area contributed by atoms with Crippen LogP contribution in [0.25, 0.3) is 0 Å². The van der Waals surface area contributed by atoms with Crippen molar-refractivity contribution in [1.29, 1.82) is 5.26 Å². The van der Waals surface area contributed by atoms with Crippen molar-refractivity contribution >= 4 is 17.3 Å². The zero-order valence-corrected chi connectivity index (χ0v) is 10.8. The van der Waals surface area contributed by atoms with E-state index in [1.165, 1.54) is 0 Å². The number of hydrogen-bond acceptors (Lipinski definition) is 2. The smallest absolute Gasteiger partial charge is 0.102 e. The molecule has 2 nitrogen and oxygen atoms in total. The number of anilines is 1. The first-order valence-corrected chi connectivity index (χ1v) is 6.06. The van der Waals surface area contributed by atoms with Gasteiger partial charge in [0.25, 0.3) is 0 Å². The SMILES string of the molecule is Cc1cccc(NCc2cccc(Cl)c2)c1C#N. The molecule has 2 rings (SSSR count). The maximum absolute atomic E-state index is 9.13. The summed E-state index contributed by atoms with van der Waals surface area (Å²) in [5.74, 6) is 0. The van der Waals surface area contributed by atoms with E-state index in [2.05, 4.69) is 11.4 Å². The molecule has 0 heterocycles. The Bertz CT molecular complexity index is 600. The molecule has 0 saturated carbocycles. The fourth-order valence-electron chi connectivity index (χ4n) is 1.81. The van der Waals surface area contributed by atoms with E-state index in [4.69, 9.17) is 16.9 Å². The van der Waals surface area contributed by atoms with Crippen molar-refractivity contribution in [1.82, 2.24) is 0 Å². The van der Waals surface area contributed by atoms with Gasteiger partial charge in [-0.15, -0.1) is 0 Å². The molecule has 0 fully saturated rings. The van der Waals surface area contributed by atoms with Gasteiger partial charge in [-0.05, 0) is 36.2 Å². The van der Waals surface area contributed by atoms with Crippen LogP contribution in [0.2, 0.25) is 5.02 Å². The number of nitrogens with zero attached hydrogens (tertiary/aromatic N) is 1. The molecule has 0 radical (unpaired) electrons. The van der Waals surface area contributed by atoms with Gasteiger partial charge >= 0.3 is 0 Å². The van der Waals surface area contributed by atoms with Crippen LogP contribution in [-0.2, 0) is 6.54 Å². The number of benzene rings is 2. The van der Waals surface area contributed by atoms with E-state index in [9.17, 15) is 0 Å². The standard InChI is InChI=1S/C15H13ClN2/c1-11-4-2-7-15(14(11)9-17)18-10-12-5-3-6-13(16)8-12/h2-8,18H,10H2,1H3. The van der Waals surface area contributed by atoms with Crippen LogP contribution in [0, 0.1) is 18.3 Å². The molecule has 0 aliphatic heterocycles. The Morgan fingerprint density at radius 2 is 2.00 bits per heavy atom. The van der Waals surface area contributed by atoms with Crippen LogP contribution >= 0.6 is 11.6 Å². The van der Waals surface area contributed by atoms with Crippen molar-refractivity contribution in [2.75, 3.05) is 5.32 Å². The van der Waals surface area contributed by atoms with Crippen molar-refractivity contribution in [2.45, 2.75) is 13.5 Å². The highest BCUT2D eigenvalue weighted by Gasteiger charge is 2.04. The second-order valence-electron chi connectivity index (χ2n) is 4.09. The topological polar surface area (TPSA) is 35.8 Å². The van der Waals surface area contributed by atoms with Gasteiger partial charge in [0.15, 0.2) is 0 Å². The summed E-state index contributed by atoms with van der Waals surface area (Å²) in [6, 6.07) is 15.7. The summed E-state index contributed by atoms with van der Waals surface area (Å²) in [5.41, 5.74) is 3.62. The monoisotopic (exact) mass is 256 g/mol. The van der Waals surface area contributed by atoms with Crippen LogP contribution in [0.15, 0.2) is 42.5 Å². The summed E-state index contributed by atoms with van der Waals surface area (Å²) in [4.78, 5) is 0. The number of nitriles is 1. The second kappa shape index (κ2) is 5.57. The molecule has 2 aromatic carbocycles. The number of aryl methyl sites for hydroxylation is 1. The molecule has 3 heteroatoms. The molecule has 0 aliphatic rings. The maximum atomic E-state index is 9.13. The van der Waals surface area contributed by atoms with Gasteiger partial charge in [-0.25, -0.2) is 0 Å². The first-order chi connectivity index (χ1) is 8.70. The van der Waals surface area contributed by atoms with Gasteiger partial charge in [0.2, 0.25) is 0 Å². The van der Waals surface area contributed by atoms with E-state index in [0.29, 0.717) is 12.1 Å². The quantitative estimate of drug-likeness (QED) is 0.896. The van der Waals surface area contributed by atoms with E-state index in [1.54, 1.807) is 0 Å². The van der Waals surface area contributed by atoms with E-state index in [-0.39, 0.29) is 0 Å². The summed E-state index contributed by atoms with van der Waals surface area (Å²) < 4.78 is 0. The van der Waals surface area contributed by atoms with Crippen molar-refractivity contribution in [3.63, 3.8) is 0 Å². The first-order valence-electron chi connectivity index (χ1n) is 5.69. The normalized spacial score (nSPS) is 9.83. The van der Waals surface area contributed by atoms with Crippen LogP contribution in [0.5, 0.6) is 0 Å². The molecule has 0 atom stereocenters. The Morgan fingerprint density at radius 3 is 2.72 bits per heavy atom. The molecule has 18 heavy (non-hydrogen) atoms. The Balaban J connectivity index is 2.16. The fraction of sp³-hybridized carbons (Fsp3) is 0.133. The summed E-state index contributed by atoms with van der Waals surface area (Å²) in [7, 11) is 0. The highest BCUT2D eigenvalue weighted by Crippen LogP contribution is 2.19. The Labute approximate surface area is 112 Å². The van der Waals surface area contributed by atoms with Crippen LogP contribution in [-0.4, -0.2) is 0 Å². The molecule has 0 spiro atoms. The van der Waals surface area contributed by atoms with E-state index in [0.717, 1.165) is 21.8 Å². The van der Waals surface area contributed by atoms with Gasteiger partial charge in [-0.2, -0.15) is 5.26 Å². The number of rotatable bonds is 3. The van der Waals surface area contributed by atoms with Gasteiger partial charge in [0, 0.05) is 11.6 Å². The highest BCUT2D eigenvalue weighted by molar-refractivity contribution is 6.30. The fourth-order valence-corrected chi connectivity index (χ4v) is 2.02. The molecule has 2 aromatic rings. The minimum absolute atomic E-state index is 0.651. The Morgan fingerprint density at radius 1 is 1.22 bits per heavy atom. The van der Waals surface area contributed by atoms with Gasteiger partial charge in [-0.1, -0.05) is 35.9 Å². The number of halogens is 1. The average Bonchev–Trinajstić information content (AvgIpc) is 2.36. The largest absolute Gasteiger partial charge is 0.380 e. The minimum atomic E-state index is 0.651. The van der Waals surface area contributed by atoms with Crippen LogP contribution in [0.3, 0.4) is 0 Å². The Kier molecular flexibility index (Phi) is 3.86. The van der Waals surface area contributed by atoms with Crippen molar-refractivity contribution in [3.8, 4) is 6.07 Å². The lowest BCUT2D eigenvalue weighted by molar-refractivity contribution is 1.14. The third-order valence-corrected chi connectivity index (χ3v) is 2.99. The minimum Gasteiger partial charge on any atom is -0.380 e. The molecule has 0 unspecified atom stereocenters. The van der Waals surface area contributed by atoms with E-state index < -0.39 is 0 Å². The predicted molar refractivity (Wildman–Crippen MR) is 74.7 cm³/mol. The summed E-state index contributed by atoms with van der Waals surface area (Å²) in [6.45, 7) is 2.59. The molecule has 90 valence electrons. The van der Waals surface area contributed by atoms with Gasteiger partial charge in [-0.3, -0.25) is 0 Å². The van der Waals surface area contributed by atoms with Crippen LogP contribution in [0.1, 0.15) is 16.7 Å². The molecule has 1 N–H and O–H groups in total. The second-order valence-corrected chi connectivity index (χ2v) is 4.53. The van der Waals surface area contributed by atoms with E-state index in [1.807, 2.05) is 49.4 Å². The van der Waals surface area contributed by atoms with Gasteiger partial charge in [0.05, 0.1) is 11.3 Å². The van der Waals surface area contributed by atoms with Gasteiger partial charge < -0.3 is 5.32 Å². The third-order valence-electron chi connectivity index (χ3n) is 2.76. The van der Waals surface area contributed by atoms with Crippen molar-refractivity contribution in [3.05, 3.63) is 64.2 Å². The van der Waals surface area contributed by atoms with Crippen molar-refractivity contribution < 1.29 is 0 Å². The summed E-state index contributed by atoms with van der Waals surface area (Å²) in [6.07, 6.45) is 0. The summed E-state index contributed by atoms with van der Waals surface area (Å²) >= 11 is 5.93. The average molecular weight is 257 g/mol. The lowest BCUT2D eigenvalue weighted by atomic mass is 10.1. The van der Waals surface area contributed by atoms with Crippen LogP contribution in [0.4, 0.5) is 5.69 Å². The first kappa shape index (κ1) is 12.5. The van der Waals surface area contributed by atoms with Gasteiger partial charge in [0.1, 0.15) is 6.07 Å². The zero-order valence-electron chi connectivity index (χ0n) is 10.1. The van der Waals surface area contributed by atoms with Crippen molar-refractivity contribution in [2.24, 2.45) is 0 Å². The maximum Gasteiger partial charge on any atom is 0.102 e. The Hall–Kier alpha value is -1.98. The molecular formula is C15H13ClN2. The molecule has 0 aliphatic carbocycles. The van der Waals surface area contributed by atoms with E-state index >= 15 is 0 Å². The zero-order chi connectivity index (χ0) is 13.0. The molecule has 0 saturated heterocycles. The lowest BCUT2D eigenvalue weighted by Gasteiger charge is -2.10.